The Labute approximate surface area is 144 Å². The Balaban J connectivity index is 1.43. The smallest absolute Gasteiger partial charge is 0.253 e. The lowest BCUT2D eigenvalue weighted by Crippen LogP contribution is -2.63. The molecule has 0 radical (unpaired) electrons. The Bertz CT molecular complexity index is 744. The van der Waals surface area contributed by atoms with Crippen molar-refractivity contribution in [2.45, 2.75) is 51.7 Å². The van der Waals surface area contributed by atoms with E-state index in [1.54, 1.807) is 0 Å². The average Bonchev–Trinajstić information content (AvgIpc) is 2.97. The van der Waals surface area contributed by atoms with Crippen molar-refractivity contribution in [1.29, 1.82) is 0 Å². The molecule has 3 heterocycles. The lowest BCUT2D eigenvalue weighted by Gasteiger charge is -2.49. The van der Waals surface area contributed by atoms with Crippen molar-refractivity contribution in [3.8, 4) is 0 Å². The molecule has 1 unspecified atom stereocenters. The number of carbonyl (C=O) groups excluding carboxylic acids is 1. The predicted octanol–water partition coefficient (Wildman–Crippen LogP) is 3.36. The van der Waals surface area contributed by atoms with Gasteiger partial charge in [0.1, 0.15) is 0 Å². The molecule has 1 atom stereocenters. The zero-order chi connectivity index (χ0) is 16.7. The first-order valence-electron chi connectivity index (χ1n) is 9.31. The number of amides is 1. The second-order valence-electron chi connectivity index (χ2n) is 7.32. The molecular weight excluding hydrogens is 298 g/mol. The van der Waals surface area contributed by atoms with E-state index in [4.69, 9.17) is 0 Å². The summed E-state index contributed by atoms with van der Waals surface area (Å²) in [5.74, 6) is 0.182. The van der Waals surface area contributed by atoms with Gasteiger partial charge in [-0.15, -0.1) is 0 Å². The molecule has 2 fully saturated rings. The van der Waals surface area contributed by atoms with E-state index in [1.165, 1.54) is 31.3 Å². The van der Waals surface area contributed by atoms with E-state index in [1.807, 2.05) is 17.0 Å². The molecule has 1 aromatic heterocycles. The summed E-state index contributed by atoms with van der Waals surface area (Å²) in [5.41, 5.74) is 2.03. The fourth-order valence-electron chi connectivity index (χ4n) is 4.29. The van der Waals surface area contributed by atoms with Gasteiger partial charge in [-0.05, 0) is 57.5 Å². The normalized spacial score (nSPS) is 22.8. The molecule has 0 bridgehead atoms. The molecule has 2 saturated heterocycles. The van der Waals surface area contributed by atoms with Gasteiger partial charge in [-0.1, -0.05) is 6.42 Å². The number of rotatable bonds is 3. The van der Waals surface area contributed by atoms with Crippen molar-refractivity contribution >= 4 is 16.8 Å². The minimum atomic E-state index is 0.182. The third-order valence-corrected chi connectivity index (χ3v) is 5.83. The van der Waals surface area contributed by atoms with Crippen LogP contribution in [0.15, 0.2) is 30.5 Å². The van der Waals surface area contributed by atoms with Crippen LogP contribution in [0.3, 0.4) is 0 Å². The molecule has 2 aliphatic heterocycles. The molecule has 0 saturated carbocycles. The van der Waals surface area contributed by atoms with Crippen molar-refractivity contribution < 1.29 is 4.79 Å². The zero-order valence-electron chi connectivity index (χ0n) is 14.7. The largest absolute Gasteiger partial charge is 0.348 e. The van der Waals surface area contributed by atoms with Gasteiger partial charge >= 0.3 is 0 Å². The Kier molecular flexibility index (Phi) is 4.09. The van der Waals surface area contributed by atoms with E-state index in [2.05, 4.69) is 41.6 Å². The number of nitrogens with zero attached hydrogens (tertiary/aromatic N) is 3. The first kappa shape index (κ1) is 15.7. The summed E-state index contributed by atoms with van der Waals surface area (Å²) in [7, 11) is 0. The highest BCUT2D eigenvalue weighted by Gasteiger charge is 2.37. The zero-order valence-corrected chi connectivity index (χ0v) is 14.7. The molecule has 2 aliphatic rings. The maximum atomic E-state index is 12.8. The number of carbonyl (C=O) groups is 1. The van der Waals surface area contributed by atoms with E-state index < -0.39 is 0 Å². The van der Waals surface area contributed by atoms with Gasteiger partial charge in [0, 0.05) is 54.4 Å². The summed E-state index contributed by atoms with van der Waals surface area (Å²) in [5, 5.41) is 1.16. The number of piperidine rings is 1. The van der Waals surface area contributed by atoms with Crippen LogP contribution in [0.25, 0.3) is 10.9 Å². The molecular formula is C20H27N3O. The van der Waals surface area contributed by atoms with E-state index in [0.29, 0.717) is 12.1 Å². The maximum Gasteiger partial charge on any atom is 0.253 e. The molecule has 24 heavy (non-hydrogen) atoms. The van der Waals surface area contributed by atoms with E-state index in [-0.39, 0.29) is 5.91 Å². The number of fused-ring (bicyclic) bond motifs is 1. The topological polar surface area (TPSA) is 28.5 Å². The predicted molar refractivity (Wildman–Crippen MR) is 97.3 cm³/mol. The number of aryl methyl sites for hydroxylation is 1. The highest BCUT2D eigenvalue weighted by atomic mass is 16.2. The summed E-state index contributed by atoms with van der Waals surface area (Å²) < 4.78 is 2.21. The fourth-order valence-corrected chi connectivity index (χ4v) is 4.29. The second-order valence-corrected chi connectivity index (χ2v) is 7.32. The van der Waals surface area contributed by atoms with Gasteiger partial charge in [-0.3, -0.25) is 9.69 Å². The Morgan fingerprint density at radius 2 is 2.04 bits per heavy atom. The lowest BCUT2D eigenvalue weighted by molar-refractivity contribution is 0.00214. The molecule has 0 N–H and O–H groups in total. The summed E-state index contributed by atoms with van der Waals surface area (Å²) in [6, 6.07) is 9.44. The first-order valence-corrected chi connectivity index (χ1v) is 9.31. The maximum absolute atomic E-state index is 12.8. The fraction of sp³-hybridized carbons (Fsp3) is 0.550. The standard InChI is InChI=1S/C20H27N3O/c1-3-21-11-9-16-12-17(7-8-19(16)21)20(24)22-13-18(14-22)23-10-5-4-6-15(23)2/h7-9,11-12,15,18H,3-6,10,13-14H2,1-2H3. The van der Waals surface area contributed by atoms with Crippen LogP contribution in [0.2, 0.25) is 0 Å². The number of benzene rings is 1. The Hall–Kier alpha value is -1.81. The van der Waals surface area contributed by atoms with Crippen LogP contribution in [0.5, 0.6) is 0 Å². The summed E-state index contributed by atoms with van der Waals surface area (Å²) in [6.07, 6.45) is 6.05. The van der Waals surface area contributed by atoms with Gasteiger partial charge in [0.15, 0.2) is 0 Å². The first-order chi connectivity index (χ1) is 11.7. The van der Waals surface area contributed by atoms with Crippen LogP contribution in [0.4, 0.5) is 0 Å². The monoisotopic (exact) mass is 325 g/mol. The minimum absolute atomic E-state index is 0.182. The van der Waals surface area contributed by atoms with Gasteiger partial charge < -0.3 is 9.47 Å². The van der Waals surface area contributed by atoms with Crippen LogP contribution < -0.4 is 0 Å². The Morgan fingerprint density at radius 3 is 2.79 bits per heavy atom. The molecule has 0 spiro atoms. The lowest BCUT2D eigenvalue weighted by atomic mass is 9.97. The number of likely N-dealkylation sites (tertiary alicyclic amines) is 2. The molecule has 2 aromatic rings. The highest BCUT2D eigenvalue weighted by molar-refractivity contribution is 5.98. The molecule has 4 rings (SSSR count). The van der Waals surface area contributed by atoms with Crippen molar-refractivity contribution in [1.82, 2.24) is 14.4 Å². The summed E-state index contributed by atoms with van der Waals surface area (Å²) in [4.78, 5) is 17.4. The van der Waals surface area contributed by atoms with Crippen molar-refractivity contribution in [3.05, 3.63) is 36.0 Å². The number of hydrogen-bond acceptors (Lipinski definition) is 2. The molecule has 4 nitrogen and oxygen atoms in total. The minimum Gasteiger partial charge on any atom is -0.348 e. The number of hydrogen-bond donors (Lipinski definition) is 0. The van der Waals surface area contributed by atoms with Gasteiger partial charge in [0.2, 0.25) is 0 Å². The van der Waals surface area contributed by atoms with Crippen molar-refractivity contribution in [2.24, 2.45) is 0 Å². The van der Waals surface area contributed by atoms with Gasteiger partial charge in [-0.25, -0.2) is 0 Å². The van der Waals surface area contributed by atoms with Gasteiger partial charge in [0.05, 0.1) is 0 Å². The van der Waals surface area contributed by atoms with E-state index >= 15 is 0 Å². The van der Waals surface area contributed by atoms with E-state index in [9.17, 15) is 4.79 Å². The molecule has 1 amide bonds. The average molecular weight is 325 g/mol. The van der Waals surface area contributed by atoms with Crippen molar-refractivity contribution in [3.63, 3.8) is 0 Å². The Morgan fingerprint density at radius 1 is 1.21 bits per heavy atom. The van der Waals surface area contributed by atoms with Crippen molar-refractivity contribution in [2.75, 3.05) is 19.6 Å². The van der Waals surface area contributed by atoms with Gasteiger partial charge in [0.25, 0.3) is 5.91 Å². The molecule has 128 valence electrons. The molecule has 1 aromatic carbocycles. The van der Waals surface area contributed by atoms with Crippen LogP contribution >= 0.6 is 0 Å². The molecule has 4 heteroatoms. The summed E-state index contributed by atoms with van der Waals surface area (Å²) in [6.45, 7) is 8.40. The van der Waals surface area contributed by atoms with Crippen LogP contribution in [-0.2, 0) is 6.54 Å². The van der Waals surface area contributed by atoms with E-state index in [0.717, 1.165) is 30.6 Å². The summed E-state index contributed by atoms with van der Waals surface area (Å²) >= 11 is 0. The number of aromatic nitrogens is 1. The third kappa shape index (κ3) is 2.63. The quantitative estimate of drug-likeness (QED) is 0.866. The second kappa shape index (κ2) is 6.25. The molecule has 0 aliphatic carbocycles. The van der Waals surface area contributed by atoms with Crippen LogP contribution in [0.1, 0.15) is 43.5 Å². The highest BCUT2D eigenvalue weighted by Crippen LogP contribution is 2.26. The van der Waals surface area contributed by atoms with Gasteiger partial charge in [-0.2, -0.15) is 0 Å². The van der Waals surface area contributed by atoms with Crippen LogP contribution in [0, 0.1) is 0 Å². The SMILES string of the molecule is CCn1ccc2cc(C(=O)N3CC(N4CCCCC4C)C3)ccc21. The van der Waals surface area contributed by atoms with Crippen LogP contribution in [-0.4, -0.2) is 52.0 Å². The third-order valence-electron chi connectivity index (χ3n) is 5.83.